The van der Waals surface area contributed by atoms with Crippen molar-refractivity contribution in [3.8, 4) is 5.75 Å². The van der Waals surface area contributed by atoms with Gasteiger partial charge in [-0.2, -0.15) is 0 Å². The van der Waals surface area contributed by atoms with Gasteiger partial charge in [0, 0.05) is 32.5 Å². The van der Waals surface area contributed by atoms with E-state index in [4.69, 9.17) is 15.2 Å². The smallest absolute Gasteiger partial charge is 0.245 e. The van der Waals surface area contributed by atoms with Crippen molar-refractivity contribution >= 4 is 5.91 Å². The van der Waals surface area contributed by atoms with E-state index in [1.54, 1.807) is 0 Å². The Bertz CT molecular complexity index is 478. The number of hydrogen-bond acceptors (Lipinski definition) is 4. The van der Waals surface area contributed by atoms with Gasteiger partial charge in [0.2, 0.25) is 5.91 Å². The number of ether oxygens (including phenoxy) is 2. The van der Waals surface area contributed by atoms with Crippen LogP contribution in [0.15, 0.2) is 30.3 Å². The van der Waals surface area contributed by atoms with Crippen LogP contribution in [0.2, 0.25) is 0 Å². The van der Waals surface area contributed by atoms with Crippen molar-refractivity contribution in [3.05, 3.63) is 30.3 Å². The van der Waals surface area contributed by atoms with Crippen molar-refractivity contribution in [2.24, 2.45) is 5.73 Å². The maximum absolute atomic E-state index is 12.5. The number of nitrogens with two attached hydrogens (primary N) is 1. The molecule has 5 heteroatoms. The number of para-hydroxylation sites is 1. The molecule has 1 amide bonds. The summed E-state index contributed by atoms with van der Waals surface area (Å²) in [6, 6.07) is 9.82. The van der Waals surface area contributed by atoms with Crippen molar-refractivity contribution in [1.29, 1.82) is 0 Å². The van der Waals surface area contributed by atoms with Gasteiger partial charge in [-0.1, -0.05) is 18.2 Å². The molecule has 1 unspecified atom stereocenters. The quantitative estimate of drug-likeness (QED) is 0.907. The number of benzene rings is 1. The lowest BCUT2D eigenvalue weighted by atomic mass is 9.96. The zero-order valence-corrected chi connectivity index (χ0v) is 12.2. The number of piperidine rings is 1. The van der Waals surface area contributed by atoms with E-state index in [0.29, 0.717) is 32.7 Å². The third kappa shape index (κ3) is 3.19. The number of carbonyl (C=O) groups is 1. The number of hydrogen-bond donors (Lipinski definition) is 1. The molecule has 0 radical (unpaired) electrons. The van der Waals surface area contributed by atoms with E-state index in [1.165, 1.54) is 0 Å². The predicted molar refractivity (Wildman–Crippen MR) is 79.0 cm³/mol. The SMILES string of the molecule is NC1(C(=O)N2CCC(Oc3ccccc3)CC2)CCOC1. The monoisotopic (exact) mass is 290 g/mol. The third-order valence-corrected chi connectivity index (χ3v) is 4.25. The Balaban J connectivity index is 1.52. The lowest BCUT2D eigenvalue weighted by Gasteiger charge is -2.36. The minimum atomic E-state index is -0.812. The molecule has 1 atom stereocenters. The molecule has 3 rings (SSSR count). The highest BCUT2D eigenvalue weighted by atomic mass is 16.5. The van der Waals surface area contributed by atoms with E-state index in [-0.39, 0.29) is 12.0 Å². The molecular formula is C16H22N2O3. The molecule has 0 bridgehead atoms. The van der Waals surface area contributed by atoms with Crippen LogP contribution in [-0.4, -0.2) is 48.8 Å². The van der Waals surface area contributed by atoms with Crippen LogP contribution in [0.1, 0.15) is 19.3 Å². The van der Waals surface area contributed by atoms with Crippen molar-refractivity contribution in [1.82, 2.24) is 4.90 Å². The molecule has 2 N–H and O–H groups in total. The van der Waals surface area contributed by atoms with Gasteiger partial charge in [0.1, 0.15) is 17.4 Å². The number of rotatable bonds is 3. The molecule has 2 heterocycles. The fourth-order valence-electron chi connectivity index (χ4n) is 2.93. The van der Waals surface area contributed by atoms with Crippen LogP contribution >= 0.6 is 0 Å². The van der Waals surface area contributed by atoms with E-state index in [9.17, 15) is 4.79 Å². The summed E-state index contributed by atoms with van der Waals surface area (Å²) in [5.41, 5.74) is 5.33. The summed E-state index contributed by atoms with van der Waals surface area (Å²) in [6.45, 7) is 2.33. The first-order chi connectivity index (χ1) is 10.2. The van der Waals surface area contributed by atoms with E-state index < -0.39 is 5.54 Å². The van der Waals surface area contributed by atoms with E-state index in [2.05, 4.69) is 0 Å². The van der Waals surface area contributed by atoms with E-state index >= 15 is 0 Å². The number of nitrogens with zero attached hydrogens (tertiary/aromatic N) is 1. The summed E-state index contributed by atoms with van der Waals surface area (Å²) >= 11 is 0. The average Bonchev–Trinajstić information content (AvgIpc) is 2.96. The van der Waals surface area contributed by atoms with Crippen LogP contribution in [0.3, 0.4) is 0 Å². The van der Waals surface area contributed by atoms with Crippen LogP contribution < -0.4 is 10.5 Å². The summed E-state index contributed by atoms with van der Waals surface area (Å²) < 4.78 is 11.2. The largest absolute Gasteiger partial charge is 0.490 e. The standard InChI is InChI=1S/C16H22N2O3/c17-16(8-11-20-12-16)15(19)18-9-6-14(7-10-18)21-13-4-2-1-3-5-13/h1-5,14H,6-12,17H2. The Morgan fingerprint density at radius 1 is 1.29 bits per heavy atom. The molecule has 0 spiro atoms. The fourth-order valence-corrected chi connectivity index (χ4v) is 2.93. The molecule has 0 saturated carbocycles. The van der Waals surface area contributed by atoms with Gasteiger partial charge < -0.3 is 20.1 Å². The van der Waals surface area contributed by atoms with Crippen molar-refractivity contribution in [2.45, 2.75) is 30.9 Å². The first-order valence-electron chi connectivity index (χ1n) is 7.55. The summed E-state index contributed by atoms with van der Waals surface area (Å²) in [4.78, 5) is 14.3. The molecule has 2 fully saturated rings. The van der Waals surface area contributed by atoms with Crippen molar-refractivity contribution < 1.29 is 14.3 Å². The lowest BCUT2D eigenvalue weighted by molar-refractivity contribution is -0.138. The topological polar surface area (TPSA) is 64.8 Å². The Hall–Kier alpha value is -1.59. The molecule has 114 valence electrons. The minimum Gasteiger partial charge on any atom is -0.490 e. The van der Waals surface area contributed by atoms with Gasteiger partial charge in [-0.05, 0) is 18.6 Å². The Morgan fingerprint density at radius 3 is 2.62 bits per heavy atom. The van der Waals surface area contributed by atoms with Crippen LogP contribution in [-0.2, 0) is 9.53 Å². The molecule has 1 aromatic rings. The number of amides is 1. The van der Waals surface area contributed by atoms with Crippen molar-refractivity contribution in [3.63, 3.8) is 0 Å². The molecule has 2 aliphatic rings. The normalized spacial score (nSPS) is 26.8. The van der Waals surface area contributed by atoms with Gasteiger partial charge in [0.25, 0.3) is 0 Å². The van der Waals surface area contributed by atoms with Gasteiger partial charge in [0.15, 0.2) is 0 Å². The second-order valence-electron chi connectivity index (χ2n) is 5.88. The second kappa shape index (κ2) is 6.03. The van der Waals surface area contributed by atoms with E-state index in [1.807, 2.05) is 35.2 Å². The molecular weight excluding hydrogens is 268 g/mol. The minimum absolute atomic E-state index is 0.0261. The number of carbonyl (C=O) groups excluding carboxylic acids is 1. The predicted octanol–water partition coefficient (Wildman–Crippen LogP) is 1.17. The van der Waals surface area contributed by atoms with Gasteiger partial charge in [-0.25, -0.2) is 0 Å². The summed E-state index contributed by atoms with van der Waals surface area (Å²) in [6.07, 6.45) is 2.48. The highest BCUT2D eigenvalue weighted by Crippen LogP contribution is 2.23. The molecule has 2 aliphatic heterocycles. The Labute approximate surface area is 125 Å². The Kier molecular flexibility index (Phi) is 4.12. The first kappa shape index (κ1) is 14.4. The van der Waals surface area contributed by atoms with Gasteiger partial charge in [-0.15, -0.1) is 0 Å². The highest BCUT2D eigenvalue weighted by molar-refractivity contribution is 5.86. The van der Waals surface area contributed by atoms with Crippen LogP contribution in [0.25, 0.3) is 0 Å². The second-order valence-corrected chi connectivity index (χ2v) is 5.88. The lowest BCUT2D eigenvalue weighted by Crippen LogP contribution is -2.57. The zero-order chi connectivity index (χ0) is 14.7. The van der Waals surface area contributed by atoms with Crippen LogP contribution in [0.4, 0.5) is 0 Å². The first-order valence-corrected chi connectivity index (χ1v) is 7.55. The van der Waals surface area contributed by atoms with Crippen LogP contribution in [0, 0.1) is 0 Å². The maximum atomic E-state index is 12.5. The zero-order valence-electron chi connectivity index (χ0n) is 12.2. The third-order valence-electron chi connectivity index (χ3n) is 4.25. The highest BCUT2D eigenvalue weighted by Gasteiger charge is 2.41. The van der Waals surface area contributed by atoms with Gasteiger partial charge in [-0.3, -0.25) is 4.79 Å². The van der Waals surface area contributed by atoms with Crippen molar-refractivity contribution in [2.75, 3.05) is 26.3 Å². The molecule has 2 saturated heterocycles. The van der Waals surface area contributed by atoms with Gasteiger partial charge >= 0.3 is 0 Å². The van der Waals surface area contributed by atoms with E-state index in [0.717, 1.165) is 18.6 Å². The summed E-state index contributed by atoms with van der Waals surface area (Å²) in [5, 5.41) is 0. The molecule has 0 aliphatic carbocycles. The number of likely N-dealkylation sites (tertiary alicyclic amines) is 1. The average molecular weight is 290 g/mol. The summed E-state index contributed by atoms with van der Waals surface area (Å²) in [5.74, 6) is 0.917. The van der Waals surface area contributed by atoms with Crippen LogP contribution in [0.5, 0.6) is 5.75 Å². The molecule has 1 aromatic carbocycles. The summed E-state index contributed by atoms with van der Waals surface area (Å²) in [7, 11) is 0. The Morgan fingerprint density at radius 2 is 2.00 bits per heavy atom. The maximum Gasteiger partial charge on any atom is 0.245 e. The molecule has 5 nitrogen and oxygen atoms in total. The molecule has 0 aromatic heterocycles. The van der Waals surface area contributed by atoms with Gasteiger partial charge in [0.05, 0.1) is 6.61 Å². The fraction of sp³-hybridized carbons (Fsp3) is 0.562. The molecule has 21 heavy (non-hydrogen) atoms.